The Hall–Kier alpha value is -3.74. The molecule has 2 heterocycles. The monoisotopic (exact) mass is 404 g/mol. The number of ketones is 1. The van der Waals surface area contributed by atoms with Gasteiger partial charge in [-0.15, -0.1) is 0 Å². The van der Waals surface area contributed by atoms with Crippen LogP contribution in [0.1, 0.15) is 39.6 Å². The molecular formula is C23H20N2O5. The fraction of sp³-hybridized carbons (Fsp3) is 0.217. The topological polar surface area (TPSA) is 96.5 Å². The van der Waals surface area contributed by atoms with Crippen LogP contribution in [-0.4, -0.2) is 46.1 Å². The van der Waals surface area contributed by atoms with Gasteiger partial charge in [0.05, 0.1) is 12.8 Å². The summed E-state index contributed by atoms with van der Waals surface area (Å²) in [5.41, 5.74) is 2.42. The normalized spacial score (nSPS) is 14.5. The number of para-hydroxylation sites is 1. The smallest absolute Gasteiger partial charge is 0.308 e. The number of ether oxygens (including phenoxy) is 1. The molecule has 0 spiro atoms. The fourth-order valence-corrected chi connectivity index (χ4v) is 3.63. The molecule has 0 unspecified atom stereocenters. The maximum absolute atomic E-state index is 12.7. The number of esters is 1. The van der Waals surface area contributed by atoms with Crippen molar-refractivity contribution >= 4 is 34.5 Å². The minimum absolute atomic E-state index is 0.0845. The summed E-state index contributed by atoms with van der Waals surface area (Å²) in [5, 5.41) is 0.758. The number of imide groups is 1. The Morgan fingerprint density at radius 3 is 2.67 bits per heavy atom. The second-order valence-electron chi connectivity index (χ2n) is 7.18. The van der Waals surface area contributed by atoms with Crippen LogP contribution in [0.15, 0.2) is 54.7 Å². The molecule has 0 aliphatic carbocycles. The molecule has 1 aromatic heterocycles. The van der Waals surface area contributed by atoms with Crippen LogP contribution in [0.25, 0.3) is 10.9 Å². The Bertz CT molecular complexity index is 1160. The molecule has 0 fully saturated rings. The Morgan fingerprint density at radius 2 is 1.83 bits per heavy atom. The number of aromatic amines is 1. The van der Waals surface area contributed by atoms with Crippen LogP contribution in [0.2, 0.25) is 0 Å². The van der Waals surface area contributed by atoms with Gasteiger partial charge in [0.15, 0.2) is 6.10 Å². The summed E-state index contributed by atoms with van der Waals surface area (Å²) in [6.45, 7) is 1.42. The number of hydrogen-bond donors (Lipinski definition) is 1. The molecule has 3 aromatic rings. The quantitative estimate of drug-likeness (QED) is 0.387. The summed E-state index contributed by atoms with van der Waals surface area (Å²) in [6.07, 6.45) is 0.558. The molecule has 1 atom stereocenters. The van der Waals surface area contributed by atoms with Crippen LogP contribution in [0.5, 0.6) is 0 Å². The van der Waals surface area contributed by atoms with Gasteiger partial charge in [0.1, 0.15) is 0 Å². The molecule has 7 nitrogen and oxygen atoms in total. The van der Waals surface area contributed by atoms with E-state index in [9.17, 15) is 19.2 Å². The van der Waals surface area contributed by atoms with Crippen molar-refractivity contribution in [1.29, 1.82) is 0 Å². The Balaban J connectivity index is 1.37. The number of carbonyl (C=O) groups is 4. The third-order valence-electron chi connectivity index (χ3n) is 5.21. The van der Waals surface area contributed by atoms with Gasteiger partial charge in [0.25, 0.3) is 5.91 Å². The molecule has 2 amide bonds. The fourth-order valence-electron chi connectivity index (χ4n) is 3.63. The number of carbonyl (C=O) groups excluding carboxylic acids is 4. The van der Waals surface area contributed by atoms with E-state index in [4.69, 9.17) is 4.74 Å². The molecule has 2 aromatic carbocycles. The van der Waals surface area contributed by atoms with E-state index in [1.54, 1.807) is 30.5 Å². The first-order valence-corrected chi connectivity index (χ1v) is 9.68. The summed E-state index contributed by atoms with van der Waals surface area (Å²) in [4.78, 5) is 53.9. The highest BCUT2D eigenvalue weighted by atomic mass is 16.5. The molecule has 30 heavy (non-hydrogen) atoms. The largest absolute Gasteiger partial charge is 0.454 e. The van der Waals surface area contributed by atoms with Gasteiger partial charge in [-0.05, 0) is 24.6 Å². The number of aromatic nitrogens is 1. The number of hydrogen-bond acceptors (Lipinski definition) is 5. The Labute approximate surface area is 172 Å². The molecule has 0 radical (unpaired) electrons. The van der Waals surface area contributed by atoms with Crippen molar-refractivity contribution in [3.63, 3.8) is 0 Å². The van der Waals surface area contributed by atoms with Crippen molar-refractivity contribution in [2.75, 3.05) is 6.54 Å². The molecule has 1 N–H and O–H groups in total. The van der Waals surface area contributed by atoms with Gasteiger partial charge in [0, 0.05) is 34.8 Å². The minimum Gasteiger partial charge on any atom is -0.454 e. The number of nitrogens with one attached hydrogen (secondary N) is 1. The van der Waals surface area contributed by atoms with E-state index in [-0.39, 0.29) is 31.1 Å². The van der Waals surface area contributed by atoms with Crippen molar-refractivity contribution in [2.45, 2.75) is 25.9 Å². The van der Waals surface area contributed by atoms with Crippen LogP contribution in [-0.2, 0) is 20.7 Å². The number of amides is 2. The Morgan fingerprint density at radius 1 is 1.10 bits per heavy atom. The van der Waals surface area contributed by atoms with E-state index < -0.39 is 18.0 Å². The van der Waals surface area contributed by atoms with E-state index >= 15 is 0 Å². The lowest BCUT2D eigenvalue weighted by Crippen LogP contribution is -2.43. The third kappa shape index (κ3) is 3.61. The summed E-state index contributed by atoms with van der Waals surface area (Å²) in [7, 11) is 0. The van der Waals surface area contributed by atoms with E-state index in [2.05, 4.69) is 4.98 Å². The molecule has 1 aliphatic rings. The summed E-state index contributed by atoms with van der Waals surface area (Å²) in [5.74, 6) is -1.73. The number of H-pyrrole nitrogens is 1. The first-order valence-electron chi connectivity index (χ1n) is 9.68. The molecular weight excluding hydrogens is 384 g/mol. The maximum atomic E-state index is 12.7. The number of nitrogens with zero attached hydrogens (tertiary/aromatic N) is 1. The Kier molecular flexibility index (Phi) is 5.18. The molecule has 7 heteroatoms. The standard InChI is InChI=1S/C23H20N2O5/c1-14(22(28)18-13-24-19-9-5-4-8-17(18)19)30-21(27)10-11-25-20(26)12-15-6-2-3-7-16(15)23(25)29/h2-9,13-14,24H,10-12H2,1H3/t14-/m1/s1. The van der Waals surface area contributed by atoms with Crippen LogP contribution in [0, 0.1) is 0 Å². The van der Waals surface area contributed by atoms with Crippen molar-refractivity contribution in [2.24, 2.45) is 0 Å². The second kappa shape index (κ2) is 7.94. The number of Topliss-reactive ketones (excluding diaryl/α,β-unsaturated/α-hetero) is 1. The van der Waals surface area contributed by atoms with Crippen LogP contribution < -0.4 is 0 Å². The predicted molar refractivity (Wildman–Crippen MR) is 109 cm³/mol. The summed E-state index contributed by atoms with van der Waals surface area (Å²) in [6, 6.07) is 14.3. The lowest BCUT2D eigenvalue weighted by atomic mass is 9.98. The van der Waals surface area contributed by atoms with Gasteiger partial charge in [-0.25, -0.2) is 0 Å². The molecule has 0 saturated heterocycles. The van der Waals surface area contributed by atoms with Gasteiger partial charge in [0.2, 0.25) is 11.7 Å². The summed E-state index contributed by atoms with van der Waals surface area (Å²) >= 11 is 0. The number of benzene rings is 2. The van der Waals surface area contributed by atoms with Crippen molar-refractivity contribution < 1.29 is 23.9 Å². The first-order chi connectivity index (χ1) is 14.5. The molecule has 4 rings (SSSR count). The average Bonchev–Trinajstić information content (AvgIpc) is 3.17. The van der Waals surface area contributed by atoms with Gasteiger partial charge in [-0.1, -0.05) is 36.4 Å². The molecule has 0 saturated carbocycles. The first kappa shape index (κ1) is 19.6. The number of fused-ring (bicyclic) bond motifs is 2. The van der Waals surface area contributed by atoms with Crippen LogP contribution in [0.3, 0.4) is 0 Å². The lowest BCUT2D eigenvalue weighted by Gasteiger charge is -2.26. The zero-order valence-corrected chi connectivity index (χ0v) is 16.4. The van der Waals surface area contributed by atoms with Crippen molar-refractivity contribution in [3.8, 4) is 0 Å². The molecule has 0 bridgehead atoms. The SMILES string of the molecule is C[C@@H](OC(=O)CCN1C(=O)Cc2ccccc2C1=O)C(=O)c1c[nH]c2ccccc12. The molecule has 1 aliphatic heterocycles. The second-order valence-corrected chi connectivity index (χ2v) is 7.18. The third-order valence-corrected chi connectivity index (χ3v) is 5.21. The predicted octanol–water partition coefficient (Wildman–Crippen LogP) is 2.90. The van der Waals surface area contributed by atoms with Gasteiger partial charge in [-0.3, -0.25) is 24.1 Å². The highest BCUT2D eigenvalue weighted by molar-refractivity contribution is 6.11. The van der Waals surface area contributed by atoms with Crippen molar-refractivity contribution in [1.82, 2.24) is 9.88 Å². The van der Waals surface area contributed by atoms with Gasteiger partial charge >= 0.3 is 5.97 Å². The summed E-state index contributed by atoms with van der Waals surface area (Å²) < 4.78 is 5.26. The van der Waals surface area contributed by atoms with E-state index in [1.165, 1.54) is 6.92 Å². The van der Waals surface area contributed by atoms with E-state index in [1.807, 2.05) is 24.3 Å². The van der Waals surface area contributed by atoms with Crippen molar-refractivity contribution in [3.05, 3.63) is 71.4 Å². The number of rotatable bonds is 6. The van der Waals surface area contributed by atoms with Gasteiger partial charge < -0.3 is 9.72 Å². The lowest BCUT2D eigenvalue weighted by molar-refractivity contribution is -0.146. The van der Waals surface area contributed by atoms with Gasteiger partial charge in [-0.2, -0.15) is 0 Å². The van der Waals surface area contributed by atoms with Crippen LogP contribution in [0.4, 0.5) is 0 Å². The zero-order chi connectivity index (χ0) is 21.3. The average molecular weight is 404 g/mol. The highest BCUT2D eigenvalue weighted by Crippen LogP contribution is 2.21. The van der Waals surface area contributed by atoms with Crippen LogP contribution >= 0.6 is 0 Å². The zero-order valence-electron chi connectivity index (χ0n) is 16.4. The molecule has 152 valence electrons. The maximum Gasteiger partial charge on any atom is 0.308 e. The minimum atomic E-state index is -0.981. The highest BCUT2D eigenvalue weighted by Gasteiger charge is 2.31. The van der Waals surface area contributed by atoms with E-state index in [0.717, 1.165) is 15.8 Å². The van der Waals surface area contributed by atoms with E-state index in [0.29, 0.717) is 16.7 Å².